The van der Waals surface area contributed by atoms with Crippen LogP contribution in [0.5, 0.6) is 0 Å². The second kappa shape index (κ2) is 2.94. The Morgan fingerprint density at radius 3 is 2.20 bits per heavy atom. The first-order valence-corrected chi connectivity index (χ1v) is 4.73. The molecule has 1 aliphatic rings. The summed E-state index contributed by atoms with van der Waals surface area (Å²) >= 11 is 0. The lowest BCUT2D eigenvalue weighted by Crippen LogP contribution is -2.17. The van der Waals surface area contributed by atoms with E-state index in [0.29, 0.717) is 5.41 Å². The molecule has 0 aromatic rings. The molecule has 0 N–H and O–H groups in total. The fourth-order valence-electron chi connectivity index (χ4n) is 2.02. The molecule has 1 atom stereocenters. The predicted octanol–water partition coefficient (Wildman–Crippen LogP) is 3.61. The van der Waals surface area contributed by atoms with Gasteiger partial charge in [0.25, 0.3) is 0 Å². The Labute approximate surface area is 65.0 Å². The minimum Gasteiger partial charge on any atom is -0.0654 e. The fraction of sp³-hybridized carbons (Fsp3) is 1.00. The average Bonchev–Trinajstić information content (AvgIpc) is 2.69. The summed E-state index contributed by atoms with van der Waals surface area (Å²) in [6.45, 7) is 7.11. The quantitative estimate of drug-likeness (QED) is 0.559. The van der Waals surface area contributed by atoms with E-state index in [-0.39, 0.29) is 0 Å². The Balaban J connectivity index is 2.39. The maximum atomic E-state index is 2.47. The standard InChI is InChI=1S/C10H20/c1-4-8-10(3,5-2)9-6-7-9/h9H,4-8H2,1-3H3. The summed E-state index contributed by atoms with van der Waals surface area (Å²) in [6.07, 6.45) is 7.19. The van der Waals surface area contributed by atoms with E-state index in [9.17, 15) is 0 Å². The van der Waals surface area contributed by atoms with Crippen LogP contribution in [0.2, 0.25) is 0 Å². The zero-order chi connectivity index (χ0) is 7.61. The summed E-state index contributed by atoms with van der Waals surface area (Å²) in [4.78, 5) is 0. The molecule has 0 bridgehead atoms. The summed E-state index contributed by atoms with van der Waals surface area (Å²) in [5, 5.41) is 0. The topological polar surface area (TPSA) is 0 Å². The Bertz CT molecular complexity index is 103. The molecule has 0 radical (unpaired) electrons. The molecular formula is C10H20. The van der Waals surface area contributed by atoms with Crippen LogP contribution in [0.3, 0.4) is 0 Å². The maximum Gasteiger partial charge on any atom is -0.0300 e. The molecule has 0 saturated heterocycles. The van der Waals surface area contributed by atoms with Crippen molar-refractivity contribution in [3.8, 4) is 0 Å². The summed E-state index contributed by atoms with van der Waals surface area (Å²) < 4.78 is 0. The molecule has 0 aromatic carbocycles. The average molecular weight is 140 g/mol. The van der Waals surface area contributed by atoms with E-state index < -0.39 is 0 Å². The molecule has 0 heteroatoms. The molecule has 1 aliphatic carbocycles. The highest BCUT2D eigenvalue weighted by Gasteiger charge is 2.38. The first kappa shape index (κ1) is 8.10. The fourth-order valence-corrected chi connectivity index (χ4v) is 2.02. The molecule has 0 aromatic heterocycles. The third kappa shape index (κ3) is 1.53. The van der Waals surface area contributed by atoms with Crippen LogP contribution in [0.1, 0.15) is 52.9 Å². The maximum absolute atomic E-state index is 2.47. The molecule has 0 spiro atoms. The lowest BCUT2D eigenvalue weighted by Gasteiger charge is -2.27. The summed E-state index contributed by atoms with van der Waals surface area (Å²) in [5.74, 6) is 1.08. The van der Waals surface area contributed by atoms with Gasteiger partial charge in [-0.1, -0.05) is 33.6 Å². The first-order valence-electron chi connectivity index (χ1n) is 4.73. The van der Waals surface area contributed by atoms with Crippen LogP contribution in [0.15, 0.2) is 0 Å². The molecule has 1 saturated carbocycles. The minimum absolute atomic E-state index is 0.703. The van der Waals surface area contributed by atoms with Crippen LogP contribution in [-0.2, 0) is 0 Å². The number of hydrogen-bond donors (Lipinski definition) is 0. The van der Waals surface area contributed by atoms with Crippen molar-refractivity contribution in [2.45, 2.75) is 52.9 Å². The van der Waals surface area contributed by atoms with Crippen LogP contribution in [0, 0.1) is 11.3 Å². The van der Waals surface area contributed by atoms with E-state index in [4.69, 9.17) is 0 Å². The molecule has 60 valence electrons. The lowest BCUT2D eigenvalue weighted by molar-refractivity contribution is 0.236. The van der Waals surface area contributed by atoms with Gasteiger partial charge in [0.15, 0.2) is 0 Å². The van der Waals surface area contributed by atoms with Crippen molar-refractivity contribution in [3.05, 3.63) is 0 Å². The lowest BCUT2D eigenvalue weighted by atomic mass is 9.78. The normalized spacial score (nSPS) is 24.3. The van der Waals surface area contributed by atoms with E-state index in [1.807, 2.05) is 0 Å². The van der Waals surface area contributed by atoms with Gasteiger partial charge >= 0.3 is 0 Å². The van der Waals surface area contributed by atoms with E-state index >= 15 is 0 Å². The van der Waals surface area contributed by atoms with Crippen molar-refractivity contribution in [2.24, 2.45) is 11.3 Å². The zero-order valence-electron chi connectivity index (χ0n) is 7.61. The third-order valence-corrected chi connectivity index (χ3v) is 3.19. The van der Waals surface area contributed by atoms with Gasteiger partial charge in [0, 0.05) is 0 Å². The number of hydrogen-bond acceptors (Lipinski definition) is 0. The van der Waals surface area contributed by atoms with E-state index in [2.05, 4.69) is 20.8 Å². The molecule has 1 unspecified atom stereocenters. The summed E-state index contributed by atoms with van der Waals surface area (Å²) in [5.41, 5.74) is 0.703. The van der Waals surface area contributed by atoms with Gasteiger partial charge in [0.2, 0.25) is 0 Å². The molecule has 1 rings (SSSR count). The Morgan fingerprint density at radius 1 is 1.30 bits per heavy atom. The van der Waals surface area contributed by atoms with E-state index in [1.165, 1.54) is 32.1 Å². The monoisotopic (exact) mass is 140 g/mol. The van der Waals surface area contributed by atoms with Crippen molar-refractivity contribution >= 4 is 0 Å². The predicted molar refractivity (Wildman–Crippen MR) is 46.0 cm³/mol. The van der Waals surface area contributed by atoms with Crippen molar-refractivity contribution in [1.82, 2.24) is 0 Å². The highest BCUT2D eigenvalue weighted by molar-refractivity contribution is 4.89. The SMILES string of the molecule is CCCC(C)(CC)C1CC1. The smallest absolute Gasteiger partial charge is 0.0300 e. The van der Waals surface area contributed by atoms with Gasteiger partial charge in [-0.15, -0.1) is 0 Å². The Morgan fingerprint density at radius 2 is 1.90 bits per heavy atom. The van der Waals surface area contributed by atoms with Crippen LogP contribution in [0.25, 0.3) is 0 Å². The van der Waals surface area contributed by atoms with E-state index in [1.54, 1.807) is 0 Å². The third-order valence-electron chi connectivity index (χ3n) is 3.19. The molecule has 0 amide bonds. The molecule has 10 heavy (non-hydrogen) atoms. The van der Waals surface area contributed by atoms with Crippen molar-refractivity contribution < 1.29 is 0 Å². The van der Waals surface area contributed by atoms with Gasteiger partial charge in [-0.25, -0.2) is 0 Å². The largest absolute Gasteiger partial charge is 0.0654 e. The van der Waals surface area contributed by atoms with Crippen LogP contribution in [0.4, 0.5) is 0 Å². The highest BCUT2D eigenvalue weighted by Crippen LogP contribution is 2.49. The van der Waals surface area contributed by atoms with Crippen molar-refractivity contribution in [3.63, 3.8) is 0 Å². The first-order chi connectivity index (χ1) is 4.73. The molecule has 0 heterocycles. The van der Waals surface area contributed by atoms with Gasteiger partial charge in [-0.05, 0) is 30.6 Å². The zero-order valence-corrected chi connectivity index (χ0v) is 7.61. The molecule has 0 nitrogen and oxygen atoms in total. The van der Waals surface area contributed by atoms with Crippen molar-refractivity contribution in [2.75, 3.05) is 0 Å². The molecule has 1 fully saturated rings. The van der Waals surface area contributed by atoms with Gasteiger partial charge < -0.3 is 0 Å². The Hall–Kier alpha value is 0. The minimum atomic E-state index is 0.703. The van der Waals surface area contributed by atoms with E-state index in [0.717, 1.165) is 5.92 Å². The van der Waals surface area contributed by atoms with Gasteiger partial charge in [0.05, 0.1) is 0 Å². The second-order valence-corrected chi connectivity index (χ2v) is 4.03. The van der Waals surface area contributed by atoms with Crippen molar-refractivity contribution in [1.29, 1.82) is 0 Å². The molecular weight excluding hydrogens is 120 g/mol. The van der Waals surface area contributed by atoms with Gasteiger partial charge in [-0.2, -0.15) is 0 Å². The van der Waals surface area contributed by atoms with Gasteiger partial charge in [-0.3, -0.25) is 0 Å². The van der Waals surface area contributed by atoms with Gasteiger partial charge in [0.1, 0.15) is 0 Å². The Kier molecular flexibility index (Phi) is 2.38. The van der Waals surface area contributed by atoms with Crippen LogP contribution < -0.4 is 0 Å². The number of rotatable bonds is 4. The summed E-state index contributed by atoms with van der Waals surface area (Å²) in [7, 11) is 0. The molecule has 0 aliphatic heterocycles. The van der Waals surface area contributed by atoms with Crippen LogP contribution in [-0.4, -0.2) is 0 Å². The second-order valence-electron chi connectivity index (χ2n) is 4.03. The highest BCUT2D eigenvalue weighted by atomic mass is 14.4. The van der Waals surface area contributed by atoms with Crippen LogP contribution >= 0.6 is 0 Å². The summed E-state index contributed by atoms with van der Waals surface area (Å²) in [6, 6.07) is 0.